The number of hydrogen-bond acceptors (Lipinski definition) is 7. The van der Waals surface area contributed by atoms with Gasteiger partial charge < -0.3 is 19.4 Å². The summed E-state index contributed by atoms with van der Waals surface area (Å²) in [6, 6.07) is 6.27. The Bertz CT molecular complexity index is 742. The number of nitrogens with zero attached hydrogens (tertiary/aromatic N) is 6. The minimum absolute atomic E-state index is 0.759. The number of aromatic nitrogens is 3. The van der Waals surface area contributed by atoms with Crippen LogP contribution in [0.4, 0.5) is 17.5 Å². The van der Waals surface area contributed by atoms with Gasteiger partial charge in [0.2, 0.25) is 0 Å². The molecule has 4 heterocycles. The molecule has 0 spiro atoms. The highest BCUT2D eigenvalue weighted by Crippen LogP contribution is 2.23. The Balaban J connectivity index is 1.38. The topological polar surface area (TPSA) is 57.6 Å². The zero-order valence-electron chi connectivity index (χ0n) is 14.9. The van der Waals surface area contributed by atoms with Crippen molar-refractivity contribution in [3.63, 3.8) is 0 Å². The fourth-order valence-corrected chi connectivity index (χ4v) is 3.91. The van der Waals surface area contributed by atoms with E-state index in [1.54, 1.807) is 0 Å². The van der Waals surface area contributed by atoms with E-state index >= 15 is 0 Å². The number of pyridine rings is 1. The largest absolute Gasteiger partial charge is 0.378 e. The second-order valence-electron chi connectivity index (χ2n) is 6.62. The van der Waals surface area contributed by atoms with Crippen LogP contribution in [0.5, 0.6) is 0 Å². The highest BCUT2D eigenvalue weighted by molar-refractivity contribution is 9.10. The molecule has 138 valence electrons. The molecule has 0 radical (unpaired) electrons. The molecule has 8 heteroatoms. The maximum Gasteiger partial charge on any atom is 0.151 e. The van der Waals surface area contributed by atoms with Crippen molar-refractivity contribution < 1.29 is 4.74 Å². The number of anilines is 3. The van der Waals surface area contributed by atoms with Crippen molar-refractivity contribution in [3.8, 4) is 0 Å². The third-order valence-electron chi connectivity index (χ3n) is 4.89. The van der Waals surface area contributed by atoms with E-state index in [1.807, 2.05) is 6.20 Å². The lowest BCUT2D eigenvalue weighted by Crippen LogP contribution is -2.47. The lowest BCUT2D eigenvalue weighted by molar-refractivity contribution is 0.122. The smallest absolute Gasteiger partial charge is 0.151 e. The molecule has 2 aliphatic heterocycles. The summed E-state index contributed by atoms with van der Waals surface area (Å²) in [5, 5.41) is 8.88. The lowest BCUT2D eigenvalue weighted by Gasteiger charge is -2.36. The van der Waals surface area contributed by atoms with Gasteiger partial charge in [0.1, 0.15) is 5.82 Å². The van der Waals surface area contributed by atoms with Crippen LogP contribution in [0.3, 0.4) is 0 Å². The van der Waals surface area contributed by atoms with Gasteiger partial charge in [-0.3, -0.25) is 0 Å². The first kappa shape index (κ1) is 17.5. The molecular formula is C18H23BrN6O. The normalized spacial score (nSPS) is 18.3. The van der Waals surface area contributed by atoms with E-state index in [2.05, 4.69) is 70.9 Å². The molecule has 0 saturated carbocycles. The molecule has 0 bridgehead atoms. The molecule has 0 amide bonds. The first-order chi connectivity index (χ1) is 12.7. The van der Waals surface area contributed by atoms with Gasteiger partial charge >= 0.3 is 0 Å². The molecule has 4 rings (SSSR count). The number of piperazine rings is 1. The fourth-order valence-electron chi connectivity index (χ4n) is 3.46. The third-order valence-corrected chi connectivity index (χ3v) is 5.33. The maximum absolute atomic E-state index is 5.39. The number of rotatable bonds is 3. The van der Waals surface area contributed by atoms with E-state index in [4.69, 9.17) is 4.74 Å². The van der Waals surface area contributed by atoms with E-state index in [9.17, 15) is 0 Å². The van der Waals surface area contributed by atoms with Crippen LogP contribution >= 0.6 is 15.9 Å². The first-order valence-electron chi connectivity index (χ1n) is 8.99. The van der Waals surface area contributed by atoms with Crippen molar-refractivity contribution >= 4 is 33.4 Å². The Hall–Kier alpha value is -1.93. The minimum atomic E-state index is 0.759. The molecule has 2 fully saturated rings. The zero-order chi connectivity index (χ0) is 17.9. The molecule has 2 aliphatic rings. The molecule has 7 nitrogen and oxygen atoms in total. The molecule has 0 aromatic carbocycles. The van der Waals surface area contributed by atoms with Gasteiger partial charge in [-0.1, -0.05) is 0 Å². The summed E-state index contributed by atoms with van der Waals surface area (Å²) in [4.78, 5) is 11.4. The molecule has 0 aliphatic carbocycles. The van der Waals surface area contributed by atoms with Gasteiger partial charge in [-0.25, -0.2) is 4.98 Å². The second-order valence-corrected chi connectivity index (χ2v) is 7.53. The van der Waals surface area contributed by atoms with E-state index in [-0.39, 0.29) is 0 Å². The average Bonchev–Trinajstić information content (AvgIpc) is 2.69. The number of morpholine rings is 1. The van der Waals surface area contributed by atoms with Crippen molar-refractivity contribution in [3.05, 3.63) is 34.4 Å². The quantitative estimate of drug-likeness (QED) is 0.756. The molecular weight excluding hydrogens is 396 g/mol. The van der Waals surface area contributed by atoms with E-state index in [1.165, 1.54) is 5.56 Å². The third kappa shape index (κ3) is 3.76. The molecule has 2 saturated heterocycles. The summed E-state index contributed by atoms with van der Waals surface area (Å²) < 4.78 is 6.41. The Labute approximate surface area is 162 Å². The van der Waals surface area contributed by atoms with E-state index in [0.29, 0.717) is 0 Å². The highest BCUT2D eigenvalue weighted by atomic mass is 79.9. The molecule has 0 atom stereocenters. The van der Waals surface area contributed by atoms with Crippen LogP contribution in [-0.4, -0.2) is 67.7 Å². The van der Waals surface area contributed by atoms with Crippen molar-refractivity contribution in [2.24, 2.45) is 0 Å². The number of aryl methyl sites for hydroxylation is 1. The number of hydrogen-bond donors (Lipinski definition) is 0. The van der Waals surface area contributed by atoms with Crippen LogP contribution in [0.15, 0.2) is 28.9 Å². The Morgan fingerprint density at radius 3 is 2.04 bits per heavy atom. The van der Waals surface area contributed by atoms with Crippen LogP contribution in [0, 0.1) is 6.92 Å². The van der Waals surface area contributed by atoms with Gasteiger partial charge in [-0.05, 0) is 46.6 Å². The summed E-state index contributed by atoms with van der Waals surface area (Å²) >= 11 is 3.48. The van der Waals surface area contributed by atoms with E-state index < -0.39 is 0 Å². The van der Waals surface area contributed by atoms with Gasteiger partial charge in [-0.2, -0.15) is 0 Å². The summed E-state index contributed by atoms with van der Waals surface area (Å²) in [6.07, 6.45) is 1.87. The van der Waals surface area contributed by atoms with Gasteiger partial charge in [0.25, 0.3) is 0 Å². The van der Waals surface area contributed by atoms with Crippen LogP contribution in [-0.2, 0) is 4.74 Å². The molecule has 0 N–H and O–H groups in total. The number of halogens is 1. The molecule has 2 aromatic rings. The fraction of sp³-hybridized carbons (Fsp3) is 0.500. The molecule has 2 aromatic heterocycles. The van der Waals surface area contributed by atoms with Crippen LogP contribution in [0.1, 0.15) is 5.56 Å². The summed E-state index contributed by atoms with van der Waals surface area (Å²) in [7, 11) is 0. The standard InChI is InChI=1S/C18H23BrN6O/c1-14-12-15(19)13-20-18(14)25-6-4-23(5-7-25)16-2-3-17(22-21-16)24-8-10-26-11-9-24/h2-3,12-13H,4-11H2,1H3. The van der Waals surface area contributed by atoms with Crippen molar-refractivity contribution in [1.29, 1.82) is 0 Å². The summed E-state index contributed by atoms with van der Waals surface area (Å²) in [5.74, 6) is 2.95. The first-order valence-corrected chi connectivity index (χ1v) is 9.78. The monoisotopic (exact) mass is 418 g/mol. The minimum Gasteiger partial charge on any atom is -0.378 e. The summed E-state index contributed by atoms with van der Waals surface area (Å²) in [6.45, 7) is 9.09. The lowest BCUT2D eigenvalue weighted by atomic mass is 10.2. The van der Waals surface area contributed by atoms with Crippen LogP contribution in [0.25, 0.3) is 0 Å². The second kappa shape index (κ2) is 7.75. The predicted octanol–water partition coefficient (Wildman–Crippen LogP) is 2.11. The van der Waals surface area contributed by atoms with Gasteiger partial charge in [-0.15, -0.1) is 10.2 Å². The summed E-state index contributed by atoms with van der Waals surface area (Å²) in [5.41, 5.74) is 1.20. The Kier molecular flexibility index (Phi) is 5.21. The van der Waals surface area contributed by atoms with Gasteiger partial charge in [0, 0.05) is 49.9 Å². The predicted molar refractivity (Wildman–Crippen MR) is 106 cm³/mol. The average molecular weight is 419 g/mol. The van der Waals surface area contributed by atoms with Crippen LogP contribution in [0.2, 0.25) is 0 Å². The van der Waals surface area contributed by atoms with Crippen molar-refractivity contribution in [2.45, 2.75) is 6.92 Å². The Morgan fingerprint density at radius 2 is 1.46 bits per heavy atom. The van der Waals surface area contributed by atoms with Gasteiger partial charge in [0.05, 0.1) is 13.2 Å². The van der Waals surface area contributed by atoms with E-state index in [0.717, 1.165) is 74.4 Å². The van der Waals surface area contributed by atoms with Crippen molar-refractivity contribution in [2.75, 3.05) is 67.2 Å². The van der Waals surface area contributed by atoms with Gasteiger partial charge in [0.15, 0.2) is 11.6 Å². The maximum atomic E-state index is 5.39. The van der Waals surface area contributed by atoms with Crippen LogP contribution < -0.4 is 14.7 Å². The number of ether oxygens (including phenoxy) is 1. The van der Waals surface area contributed by atoms with Crippen molar-refractivity contribution in [1.82, 2.24) is 15.2 Å². The molecule has 26 heavy (non-hydrogen) atoms. The zero-order valence-corrected chi connectivity index (χ0v) is 16.5. The SMILES string of the molecule is Cc1cc(Br)cnc1N1CCN(c2ccc(N3CCOCC3)nn2)CC1. The molecule has 0 unspecified atom stereocenters. The highest BCUT2D eigenvalue weighted by Gasteiger charge is 2.21. The Morgan fingerprint density at radius 1 is 0.885 bits per heavy atom.